The van der Waals surface area contributed by atoms with Crippen LogP contribution in [0.1, 0.15) is 37.0 Å². The van der Waals surface area contributed by atoms with Gasteiger partial charge < -0.3 is 15.5 Å². The Balaban J connectivity index is 0.00000192. The number of rotatable bonds is 4. The summed E-state index contributed by atoms with van der Waals surface area (Å²) < 4.78 is 0. The number of halogens is 1. The van der Waals surface area contributed by atoms with Crippen molar-refractivity contribution in [3.8, 4) is 0 Å². The molecule has 4 nitrogen and oxygen atoms in total. The standard InChI is InChI=1S/C18H27N3O.ClH/c1-3-20(4-2)15-8-5-13(6-9-15)18(22)21-11-14-7-10-17(19)16(14)12-21;/h5-6,8-9,14,16-17H,3-4,7,10-12,19H2,1-2H3;1H. The Morgan fingerprint density at radius 3 is 2.39 bits per heavy atom. The minimum Gasteiger partial charge on any atom is -0.372 e. The van der Waals surface area contributed by atoms with Crippen LogP contribution in [0.2, 0.25) is 0 Å². The number of fused-ring (bicyclic) bond motifs is 1. The summed E-state index contributed by atoms with van der Waals surface area (Å²) >= 11 is 0. The fourth-order valence-corrected chi connectivity index (χ4v) is 4.06. The van der Waals surface area contributed by atoms with Gasteiger partial charge in [0.25, 0.3) is 5.91 Å². The number of nitrogens with two attached hydrogens (primary N) is 1. The van der Waals surface area contributed by atoms with Crippen LogP contribution >= 0.6 is 12.4 Å². The molecule has 3 unspecified atom stereocenters. The zero-order chi connectivity index (χ0) is 15.7. The molecule has 1 amide bonds. The molecule has 1 saturated heterocycles. The third-order valence-corrected chi connectivity index (χ3v) is 5.44. The van der Waals surface area contributed by atoms with Crippen LogP contribution in [0.5, 0.6) is 0 Å². The van der Waals surface area contributed by atoms with Gasteiger partial charge in [0.15, 0.2) is 0 Å². The Morgan fingerprint density at radius 2 is 1.83 bits per heavy atom. The van der Waals surface area contributed by atoms with Crippen molar-refractivity contribution in [1.29, 1.82) is 0 Å². The molecule has 1 aromatic carbocycles. The molecule has 0 aromatic heterocycles. The third-order valence-electron chi connectivity index (χ3n) is 5.44. The zero-order valence-electron chi connectivity index (χ0n) is 14.1. The number of anilines is 1. The average molecular weight is 338 g/mol. The van der Waals surface area contributed by atoms with Gasteiger partial charge in [-0.1, -0.05) is 0 Å². The zero-order valence-corrected chi connectivity index (χ0v) is 14.9. The minimum atomic E-state index is 0. The quantitative estimate of drug-likeness (QED) is 0.919. The molecule has 2 fully saturated rings. The van der Waals surface area contributed by atoms with E-state index in [0.717, 1.165) is 38.2 Å². The second-order valence-electron chi connectivity index (χ2n) is 6.59. The summed E-state index contributed by atoms with van der Waals surface area (Å²) in [5.41, 5.74) is 8.14. The highest BCUT2D eigenvalue weighted by molar-refractivity contribution is 5.94. The number of benzene rings is 1. The molecular weight excluding hydrogens is 310 g/mol. The molecule has 2 aliphatic rings. The Kier molecular flexibility index (Phi) is 5.93. The number of nitrogens with zero attached hydrogens (tertiary/aromatic N) is 2. The topological polar surface area (TPSA) is 49.6 Å². The van der Waals surface area contributed by atoms with Gasteiger partial charge in [-0.05, 0) is 62.8 Å². The number of hydrogen-bond acceptors (Lipinski definition) is 3. The maximum absolute atomic E-state index is 12.7. The van der Waals surface area contributed by atoms with Gasteiger partial charge in [-0.3, -0.25) is 4.79 Å². The fraction of sp³-hybridized carbons (Fsp3) is 0.611. The molecule has 23 heavy (non-hydrogen) atoms. The van der Waals surface area contributed by atoms with Crippen molar-refractivity contribution in [3.05, 3.63) is 29.8 Å². The largest absolute Gasteiger partial charge is 0.372 e. The Morgan fingerprint density at radius 1 is 1.17 bits per heavy atom. The Bertz CT molecular complexity index is 530. The number of amides is 1. The van der Waals surface area contributed by atoms with E-state index in [1.165, 1.54) is 12.1 Å². The number of carbonyl (C=O) groups is 1. The van der Waals surface area contributed by atoms with E-state index in [4.69, 9.17) is 5.73 Å². The predicted octanol–water partition coefficient (Wildman–Crippen LogP) is 2.76. The first-order valence-corrected chi connectivity index (χ1v) is 8.53. The van der Waals surface area contributed by atoms with E-state index in [1.807, 2.05) is 17.0 Å². The molecule has 1 aliphatic heterocycles. The SMILES string of the molecule is CCN(CC)c1ccc(C(=O)N2CC3CCC(N)C3C2)cc1.Cl. The third kappa shape index (κ3) is 3.48. The molecule has 0 spiro atoms. The lowest BCUT2D eigenvalue weighted by molar-refractivity contribution is 0.0779. The molecule has 3 atom stereocenters. The minimum absolute atomic E-state index is 0. The predicted molar refractivity (Wildman–Crippen MR) is 97.3 cm³/mol. The number of likely N-dealkylation sites (tertiary alicyclic amines) is 1. The molecule has 0 radical (unpaired) electrons. The molecule has 1 aliphatic carbocycles. The lowest BCUT2D eigenvalue weighted by Crippen LogP contribution is -2.33. The van der Waals surface area contributed by atoms with E-state index in [2.05, 4.69) is 30.9 Å². The van der Waals surface area contributed by atoms with Gasteiger partial charge in [0, 0.05) is 43.5 Å². The Hall–Kier alpha value is -1.26. The van der Waals surface area contributed by atoms with E-state index in [1.54, 1.807) is 0 Å². The average Bonchev–Trinajstić information content (AvgIpc) is 3.11. The number of carbonyl (C=O) groups excluding carboxylic acids is 1. The molecule has 5 heteroatoms. The van der Waals surface area contributed by atoms with Gasteiger partial charge in [0.1, 0.15) is 0 Å². The summed E-state index contributed by atoms with van der Waals surface area (Å²) in [4.78, 5) is 17.0. The van der Waals surface area contributed by atoms with E-state index >= 15 is 0 Å². The Labute approximate surface area is 145 Å². The fourth-order valence-electron chi connectivity index (χ4n) is 4.06. The lowest BCUT2D eigenvalue weighted by Gasteiger charge is -2.22. The molecule has 1 heterocycles. The van der Waals surface area contributed by atoms with Crippen molar-refractivity contribution in [1.82, 2.24) is 4.90 Å². The summed E-state index contributed by atoms with van der Waals surface area (Å²) in [5.74, 6) is 1.29. The van der Waals surface area contributed by atoms with Crippen molar-refractivity contribution in [2.75, 3.05) is 31.1 Å². The van der Waals surface area contributed by atoms with E-state index in [-0.39, 0.29) is 24.4 Å². The summed E-state index contributed by atoms with van der Waals surface area (Å²) in [7, 11) is 0. The van der Waals surface area contributed by atoms with Crippen LogP contribution in [-0.4, -0.2) is 43.0 Å². The van der Waals surface area contributed by atoms with Crippen LogP contribution in [0.15, 0.2) is 24.3 Å². The highest BCUT2D eigenvalue weighted by Gasteiger charge is 2.42. The normalized spacial score (nSPS) is 25.9. The van der Waals surface area contributed by atoms with Gasteiger partial charge in [0.2, 0.25) is 0 Å². The second kappa shape index (κ2) is 7.54. The lowest BCUT2D eigenvalue weighted by atomic mass is 9.98. The van der Waals surface area contributed by atoms with Crippen LogP contribution in [0.25, 0.3) is 0 Å². The first-order chi connectivity index (χ1) is 10.6. The van der Waals surface area contributed by atoms with Gasteiger partial charge >= 0.3 is 0 Å². The summed E-state index contributed by atoms with van der Waals surface area (Å²) in [5, 5.41) is 0. The van der Waals surface area contributed by atoms with Crippen LogP contribution in [-0.2, 0) is 0 Å². The van der Waals surface area contributed by atoms with Gasteiger partial charge in [-0.15, -0.1) is 12.4 Å². The molecule has 0 bridgehead atoms. The number of hydrogen-bond donors (Lipinski definition) is 1. The van der Waals surface area contributed by atoms with E-state index in [0.29, 0.717) is 11.8 Å². The van der Waals surface area contributed by atoms with Crippen LogP contribution in [0.4, 0.5) is 5.69 Å². The molecule has 128 valence electrons. The maximum Gasteiger partial charge on any atom is 0.253 e. The summed E-state index contributed by atoms with van der Waals surface area (Å²) in [6.45, 7) is 7.98. The van der Waals surface area contributed by atoms with Crippen molar-refractivity contribution in [2.45, 2.75) is 32.7 Å². The molecular formula is C18H28ClN3O. The summed E-state index contributed by atoms with van der Waals surface area (Å²) in [6.07, 6.45) is 2.30. The molecule has 3 rings (SSSR count). The molecule has 2 N–H and O–H groups in total. The highest BCUT2D eigenvalue weighted by atomic mass is 35.5. The van der Waals surface area contributed by atoms with E-state index in [9.17, 15) is 4.79 Å². The highest BCUT2D eigenvalue weighted by Crippen LogP contribution is 2.37. The first-order valence-electron chi connectivity index (χ1n) is 8.53. The second-order valence-corrected chi connectivity index (χ2v) is 6.59. The first kappa shape index (κ1) is 18.1. The van der Waals surface area contributed by atoms with Crippen molar-refractivity contribution >= 4 is 24.0 Å². The van der Waals surface area contributed by atoms with Gasteiger partial charge in [-0.25, -0.2) is 0 Å². The smallest absolute Gasteiger partial charge is 0.253 e. The van der Waals surface area contributed by atoms with Crippen molar-refractivity contribution in [2.24, 2.45) is 17.6 Å². The van der Waals surface area contributed by atoms with Gasteiger partial charge in [-0.2, -0.15) is 0 Å². The summed E-state index contributed by atoms with van der Waals surface area (Å²) in [6, 6.07) is 8.33. The van der Waals surface area contributed by atoms with Crippen LogP contribution in [0.3, 0.4) is 0 Å². The van der Waals surface area contributed by atoms with Crippen molar-refractivity contribution in [3.63, 3.8) is 0 Å². The monoisotopic (exact) mass is 337 g/mol. The van der Waals surface area contributed by atoms with Crippen LogP contribution in [0, 0.1) is 11.8 Å². The van der Waals surface area contributed by atoms with E-state index < -0.39 is 0 Å². The van der Waals surface area contributed by atoms with Crippen molar-refractivity contribution < 1.29 is 4.79 Å². The molecule has 1 aromatic rings. The van der Waals surface area contributed by atoms with Crippen LogP contribution < -0.4 is 10.6 Å². The van der Waals surface area contributed by atoms with Gasteiger partial charge in [0.05, 0.1) is 0 Å². The maximum atomic E-state index is 12.7. The molecule has 1 saturated carbocycles.